The molecular formula is C25H29N3O7. The molecule has 0 radical (unpaired) electrons. The first-order chi connectivity index (χ1) is 16.6. The van der Waals surface area contributed by atoms with Gasteiger partial charge in [0.25, 0.3) is 5.91 Å². The van der Waals surface area contributed by atoms with Crippen LogP contribution in [0, 0.1) is 6.92 Å². The molecule has 0 bridgehead atoms. The Labute approximate surface area is 202 Å². The Morgan fingerprint density at radius 2 is 1.86 bits per heavy atom. The number of methoxy groups -OCH3 is 1. The number of anilines is 1. The lowest BCUT2D eigenvalue weighted by Crippen LogP contribution is -2.47. The highest BCUT2D eigenvalue weighted by Gasteiger charge is 2.25. The van der Waals surface area contributed by atoms with Crippen LogP contribution in [0.2, 0.25) is 0 Å². The number of aliphatic hydroxyl groups is 1. The van der Waals surface area contributed by atoms with Crippen molar-refractivity contribution < 1.29 is 34.0 Å². The number of carboxylic acid groups (broad SMARTS) is 1. The first kappa shape index (κ1) is 25.6. The SMILES string of the molecule is COc1ccc(C(=O)NC(C)(C)COc2cccc3nc(C)c(C(=O)O)c(N)c23)cc1OCCO. The van der Waals surface area contributed by atoms with Crippen LogP contribution in [0.4, 0.5) is 5.69 Å². The van der Waals surface area contributed by atoms with Crippen LogP contribution in [0.5, 0.6) is 17.2 Å². The molecule has 3 rings (SSSR count). The Morgan fingerprint density at radius 3 is 2.51 bits per heavy atom. The molecule has 0 aliphatic carbocycles. The average Bonchev–Trinajstić information content (AvgIpc) is 2.80. The van der Waals surface area contributed by atoms with E-state index in [9.17, 15) is 14.7 Å². The summed E-state index contributed by atoms with van der Waals surface area (Å²) in [7, 11) is 1.48. The van der Waals surface area contributed by atoms with Gasteiger partial charge in [0.15, 0.2) is 11.5 Å². The minimum absolute atomic E-state index is 0.0624. The second-order valence-corrected chi connectivity index (χ2v) is 8.51. The molecule has 2 aromatic carbocycles. The predicted molar refractivity (Wildman–Crippen MR) is 130 cm³/mol. The Kier molecular flexibility index (Phi) is 7.65. The summed E-state index contributed by atoms with van der Waals surface area (Å²) >= 11 is 0. The third-order valence-electron chi connectivity index (χ3n) is 5.22. The van der Waals surface area contributed by atoms with E-state index in [-0.39, 0.29) is 37.0 Å². The van der Waals surface area contributed by atoms with Gasteiger partial charge in [0.1, 0.15) is 24.5 Å². The zero-order valence-corrected chi connectivity index (χ0v) is 20.0. The van der Waals surface area contributed by atoms with Crippen molar-refractivity contribution >= 4 is 28.5 Å². The first-order valence-electron chi connectivity index (χ1n) is 10.9. The van der Waals surface area contributed by atoms with Gasteiger partial charge in [-0.1, -0.05) is 6.07 Å². The van der Waals surface area contributed by atoms with E-state index in [0.717, 1.165) is 0 Å². The molecule has 10 heteroatoms. The van der Waals surface area contributed by atoms with Crippen LogP contribution in [-0.2, 0) is 0 Å². The second kappa shape index (κ2) is 10.5. The van der Waals surface area contributed by atoms with Gasteiger partial charge in [0.2, 0.25) is 0 Å². The number of carboxylic acids is 1. The van der Waals surface area contributed by atoms with Gasteiger partial charge in [-0.15, -0.1) is 0 Å². The molecule has 0 unspecified atom stereocenters. The van der Waals surface area contributed by atoms with E-state index in [4.69, 9.17) is 25.1 Å². The van der Waals surface area contributed by atoms with E-state index in [1.165, 1.54) is 13.2 Å². The highest BCUT2D eigenvalue weighted by Crippen LogP contribution is 2.34. The van der Waals surface area contributed by atoms with Gasteiger partial charge in [-0.2, -0.15) is 0 Å². The molecule has 0 aliphatic rings. The van der Waals surface area contributed by atoms with Crippen molar-refractivity contribution in [1.29, 1.82) is 0 Å². The maximum absolute atomic E-state index is 12.9. The minimum atomic E-state index is -1.17. The number of carbonyl (C=O) groups excluding carboxylic acids is 1. The number of rotatable bonds is 10. The number of nitrogens with two attached hydrogens (primary N) is 1. The van der Waals surface area contributed by atoms with Crippen LogP contribution in [0.1, 0.15) is 40.3 Å². The average molecular weight is 484 g/mol. The normalized spacial score (nSPS) is 11.2. The second-order valence-electron chi connectivity index (χ2n) is 8.51. The fraction of sp³-hybridized carbons (Fsp3) is 0.320. The third-order valence-corrected chi connectivity index (χ3v) is 5.22. The molecule has 1 amide bonds. The molecule has 1 aromatic heterocycles. The standard InChI is InChI=1S/C25H29N3O7/c1-14-20(24(31)32)22(26)21-16(27-14)6-5-7-18(21)35-13-25(2,3)28-23(30)15-8-9-17(33-4)19(12-15)34-11-10-29/h5-9,12,29H,10-11,13H2,1-4H3,(H2,26,27)(H,28,30)(H,31,32). The number of hydrogen-bond acceptors (Lipinski definition) is 8. The Hall–Kier alpha value is -4.05. The van der Waals surface area contributed by atoms with Gasteiger partial charge in [-0.25, -0.2) is 4.79 Å². The zero-order chi connectivity index (χ0) is 25.8. The van der Waals surface area contributed by atoms with Crippen LogP contribution in [-0.4, -0.2) is 59.5 Å². The molecule has 1 heterocycles. The van der Waals surface area contributed by atoms with Crippen molar-refractivity contribution in [2.45, 2.75) is 26.3 Å². The summed E-state index contributed by atoms with van der Waals surface area (Å²) < 4.78 is 16.7. The number of aryl methyl sites for hydroxylation is 1. The zero-order valence-electron chi connectivity index (χ0n) is 20.0. The minimum Gasteiger partial charge on any atom is -0.493 e. The molecule has 186 valence electrons. The molecule has 10 nitrogen and oxygen atoms in total. The maximum atomic E-state index is 12.9. The highest BCUT2D eigenvalue weighted by atomic mass is 16.5. The van der Waals surface area contributed by atoms with Crippen molar-refractivity contribution in [1.82, 2.24) is 10.3 Å². The highest BCUT2D eigenvalue weighted by molar-refractivity contribution is 6.06. The van der Waals surface area contributed by atoms with E-state index < -0.39 is 11.5 Å². The van der Waals surface area contributed by atoms with E-state index >= 15 is 0 Å². The summed E-state index contributed by atoms with van der Waals surface area (Å²) in [6.45, 7) is 5.12. The van der Waals surface area contributed by atoms with Crippen LogP contribution in [0.25, 0.3) is 10.9 Å². The van der Waals surface area contributed by atoms with E-state index in [0.29, 0.717) is 39.4 Å². The molecule has 0 atom stereocenters. The summed E-state index contributed by atoms with van der Waals surface area (Å²) in [5, 5.41) is 21.9. The molecule has 3 aromatic rings. The van der Waals surface area contributed by atoms with Crippen molar-refractivity contribution in [3.05, 3.63) is 53.2 Å². The van der Waals surface area contributed by atoms with Crippen LogP contribution >= 0.6 is 0 Å². The van der Waals surface area contributed by atoms with Crippen molar-refractivity contribution in [2.75, 3.05) is 32.7 Å². The number of benzene rings is 2. The van der Waals surface area contributed by atoms with Crippen molar-refractivity contribution in [3.63, 3.8) is 0 Å². The number of fused-ring (bicyclic) bond motifs is 1. The topological polar surface area (TPSA) is 153 Å². The van der Waals surface area contributed by atoms with Gasteiger partial charge < -0.3 is 35.5 Å². The number of nitrogen functional groups attached to an aromatic ring is 1. The Bertz CT molecular complexity index is 1260. The van der Waals surface area contributed by atoms with Gasteiger partial charge in [-0.05, 0) is 51.1 Å². The molecule has 5 N–H and O–H groups in total. The lowest BCUT2D eigenvalue weighted by Gasteiger charge is -2.27. The van der Waals surface area contributed by atoms with Crippen LogP contribution in [0.15, 0.2) is 36.4 Å². The van der Waals surface area contributed by atoms with Gasteiger partial charge in [0, 0.05) is 5.56 Å². The summed E-state index contributed by atoms with van der Waals surface area (Å²) in [4.78, 5) is 28.9. The Morgan fingerprint density at radius 1 is 1.11 bits per heavy atom. The smallest absolute Gasteiger partial charge is 0.339 e. The van der Waals surface area contributed by atoms with Gasteiger partial charge >= 0.3 is 5.97 Å². The molecule has 0 spiro atoms. The third kappa shape index (κ3) is 5.72. The monoisotopic (exact) mass is 483 g/mol. The number of ether oxygens (including phenoxy) is 3. The van der Waals surface area contributed by atoms with E-state index in [2.05, 4.69) is 10.3 Å². The molecule has 0 saturated carbocycles. The van der Waals surface area contributed by atoms with Crippen molar-refractivity contribution in [2.24, 2.45) is 0 Å². The summed E-state index contributed by atoms with van der Waals surface area (Å²) in [6, 6.07) is 9.88. The van der Waals surface area contributed by atoms with Gasteiger partial charge in [0.05, 0.1) is 41.5 Å². The number of nitrogens with one attached hydrogen (secondary N) is 1. The molecule has 0 fully saturated rings. The maximum Gasteiger partial charge on any atom is 0.339 e. The number of aliphatic hydroxyl groups excluding tert-OH is 1. The summed E-state index contributed by atoms with van der Waals surface area (Å²) in [5.74, 6) is -0.389. The molecule has 0 aliphatic heterocycles. The largest absolute Gasteiger partial charge is 0.493 e. The predicted octanol–water partition coefficient (Wildman–Crippen LogP) is 2.79. The molecule has 0 saturated heterocycles. The quantitative estimate of drug-likeness (QED) is 0.341. The lowest BCUT2D eigenvalue weighted by molar-refractivity contribution is 0.0696. The number of aromatic carboxylic acids is 1. The van der Waals surface area contributed by atoms with Crippen LogP contribution in [0.3, 0.4) is 0 Å². The Balaban J connectivity index is 1.80. The number of nitrogens with zero attached hydrogens (tertiary/aromatic N) is 1. The van der Waals surface area contributed by atoms with E-state index in [1.807, 2.05) is 0 Å². The van der Waals surface area contributed by atoms with Gasteiger partial charge in [-0.3, -0.25) is 9.78 Å². The number of carbonyl (C=O) groups is 2. The van der Waals surface area contributed by atoms with Crippen molar-refractivity contribution in [3.8, 4) is 17.2 Å². The first-order valence-corrected chi connectivity index (χ1v) is 10.9. The fourth-order valence-corrected chi connectivity index (χ4v) is 3.59. The molecular weight excluding hydrogens is 454 g/mol. The lowest BCUT2D eigenvalue weighted by atomic mass is 10.0. The number of amides is 1. The summed E-state index contributed by atoms with van der Waals surface area (Å²) in [6.07, 6.45) is 0. The number of aromatic nitrogens is 1. The molecule has 35 heavy (non-hydrogen) atoms. The number of hydrogen-bond donors (Lipinski definition) is 4. The van der Waals surface area contributed by atoms with Crippen LogP contribution < -0.4 is 25.3 Å². The van der Waals surface area contributed by atoms with E-state index in [1.54, 1.807) is 51.1 Å². The number of pyridine rings is 1. The summed E-state index contributed by atoms with van der Waals surface area (Å²) in [5.41, 5.74) is 6.54. The fourth-order valence-electron chi connectivity index (χ4n) is 3.59.